The topological polar surface area (TPSA) is 92.8 Å². The predicted molar refractivity (Wildman–Crippen MR) is 118 cm³/mol. The van der Waals surface area contributed by atoms with Gasteiger partial charge in [0.1, 0.15) is 6.54 Å². The first-order valence-corrected chi connectivity index (χ1v) is 10.6. The second-order valence-corrected chi connectivity index (χ2v) is 8.07. The van der Waals surface area contributed by atoms with Gasteiger partial charge in [0, 0.05) is 10.2 Å². The number of esters is 1. The molecule has 2 aromatic rings. The Hall–Kier alpha value is -2.91. The van der Waals surface area contributed by atoms with Crippen LogP contribution in [-0.4, -0.2) is 41.1 Å². The number of thioether (sulfide) groups is 1. The van der Waals surface area contributed by atoms with Crippen LogP contribution in [0.5, 0.6) is 0 Å². The van der Waals surface area contributed by atoms with Crippen molar-refractivity contribution in [1.29, 1.82) is 0 Å². The van der Waals surface area contributed by atoms with E-state index in [4.69, 9.17) is 4.74 Å². The molecular formula is C21H17BrN2O5S. The van der Waals surface area contributed by atoms with Crippen LogP contribution in [0.25, 0.3) is 6.08 Å². The molecule has 9 heteroatoms. The molecule has 3 rings (SSSR count). The number of hydrogen-bond acceptors (Lipinski definition) is 6. The van der Waals surface area contributed by atoms with Gasteiger partial charge in [-0.25, -0.2) is 4.79 Å². The summed E-state index contributed by atoms with van der Waals surface area (Å²) in [5.74, 6) is -1.49. The fraction of sp³-hybridized carbons (Fsp3) is 0.143. The van der Waals surface area contributed by atoms with Crippen molar-refractivity contribution in [3.8, 4) is 0 Å². The monoisotopic (exact) mass is 488 g/mol. The van der Waals surface area contributed by atoms with Gasteiger partial charge in [-0.1, -0.05) is 28.1 Å². The molecule has 1 fully saturated rings. The van der Waals surface area contributed by atoms with E-state index in [2.05, 4.69) is 21.2 Å². The number of rotatable bonds is 6. The van der Waals surface area contributed by atoms with E-state index in [9.17, 15) is 19.2 Å². The first-order valence-electron chi connectivity index (χ1n) is 8.95. The van der Waals surface area contributed by atoms with Crippen LogP contribution in [0, 0.1) is 0 Å². The van der Waals surface area contributed by atoms with Crippen molar-refractivity contribution in [2.75, 3.05) is 18.5 Å². The van der Waals surface area contributed by atoms with E-state index in [0.29, 0.717) is 11.3 Å². The molecule has 1 N–H and O–H groups in total. The molecule has 0 atom stereocenters. The molecule has 0 spiro atoms. The first-order chi connectivity index (χ1) is 14.4. The maximum atomic E-state index is 12.5. The van der Waals surface area contributed by atoms with Crippen LogP contribution < -0.4 is 5.32 Å². The van der Waals surface area contributed by atoms with Crippen LogP contribution in [-0.2, 0) is 14.3 Å². The van der Waals surface area contributed by atoms with Gasteiger partial charge in [-0.15, -0.1) is 0 Å². The van der Waals surface area contributed by atoms with E-state index >= 15 is 0 Å². The molecule has 0 radical (unpaired) electrons. The van der Waals surface area contributed by atoms with E-state index in [1.165, 1.54) is 12.1 Å². The maximum absolute atomic E-state index is 12.5. The van der Waals surface area contributed by atoms with Crippen molar-refractivity contribution in [1.82, 2.24) is 4.90 Å². The highest BCUT2D eigenvalue weighted by Gasteiger charge is 2.36. The molecule has 1 aliphatic rings. The molecular weight excluding hydrogens is 472 g/mol. The van der Waals surface area contributed by atoms with Crippen molar-refractivity contribution in [2.45, 2.75) is 6.92 Å². The number of nitrogens with zero attached hydrogens (tertiary/aromatic N) is 1. The Kier molecular flexibility index (Phi) is 7.07. The average Bonchev–Trinajstić information content (AvgIpc) is 2.98. The zero-order chi connectivity index (χ0) is 21.7. The second-order valence-electron chi connectivity index (χ2n) is 6.17. The SMILES string of the molecule is CCOC(=O)c1ccc(NC(=O)CN2C(=O)SC(=Cc3ccc(Br)cc3)C2=O)cc1. The highest BCUT2D eigenvalue weighted by atomic mass is 79.9. The quantitative estimate of drug-likeness (QED) is 0.481. The van der Waals surface area contributed by atoms with Gasteiger partial charge in [-0.3, -0.25) is 19.3 Å². The van der Waals surface area contributed by atoms with E-state index in [1.807, 2.05) is 24.3 Å². The van der Waals surface area contributed by atoms with Gasteiger partial charge in [0.2, 0.25) is 5.91 Å². The van der Waals surface area contributed by atoms with Crippen LogP contribution in [0.4, 0.5) is 10.5 Å². The highest BCUT2D eigenvalue weighted by Crippen LogP contribution is 2.32. The minimum absolute atomic E-state index is 0.258. The van der Waals surface area contributed by atoms with Crippen molar-refractivity contribution < 1.29 is 23.9 Å². The van der Waals surface area contributed by atoms with Crippen molar-refractivity contribution in [2.24, 2.45) is 0 Å². The lowest BCUT2D eigenvalue weighted by Gasteiger charge is -2.12. The summed E-state index contributed by atoms with van der Waals surface area (Å²) in [6.07, 6.45) is 1.61. The van der Waals surface area contributed by atoms with Gasteiger partial charge in [-0.2, -0.15) is 0 Å². The second kappa shape index (κ2) is 9.73. The van der Waals surface area contributed by atoms with Crippen molar-refractivity contribution in [3.63, 3.8) is 0 Å². The number of carbonyl (C=O) groups excluding carboxylic acids is 4. The summed E-state index contributed by atoms with van der Waals surface area (Å²) in [5, 5.41) is 2.10. The van der Waals surface area contributed by atoms with E-state index in [1.54, 1.807) is 25.1 Å². The van der Waals surface area contributed by atoms with Gasteiger partial charge in [0.15, 0.2) is 0 Å². The molecule has 154 valence electrons. The molecule has 30 heavy (non-hydrogen) atoms. The van der Waals surface area contributed by atoms with Crippen LogP contribution in [0.2, 0.25) is 0 Å². The summed E-state index contributed by atoms with van der Waals surface area (Å²) in [5.41, 5.74) is 1.57. The normalized spacial score (nSPS) is 14.9. The summed E-state index contributed by atoms with van der Waals surface area (Å²) in [6, 6.07) is 13.4. The molecule has 0 aromatic heterocycles. The summed E-state index contributed by atoms with van der Waals surface area (Å²) in [7, 11) is 0. The summed E-state index contributed by atoms with van der Waals surface area (Å²) >= 11 is 4.13. The van der Waals surface area contributed by atoms with Crippen molar-refractivity contribution >= 4 is 62.5 Å². The van der Waals surface area contributed by atoms with Crippen LogP contribution in [0.1, 0.15) is 22.8 Å². The number of imide groups is 1. The number of benzene rings is 2. The molecule has 1 saturated heterocycles. The van der Waals surface area contributed by atoms with Gasteiger partial charge in [-0.05, 0) is 66.7 Å². The third kappa shape index (κ3) is 5.37. The molecule has 2 aromatic carbocycles. The Balaban J connectivity index is 1.62. The Bertz CT molecular complexity index is 1020. The Morgan fingerprint density at radius 2 is 1.77 bits per heavy atom. The number of amides is 3. The summed E-state index contributed by atoms with van der Waals surface area (Å²) in [4.78, 5) is 49.8. The molecule has 0 saturated carbocycles. The smallest absolute Gasteiger partial charge is 0.338 e. The number of halogens is 1. The van der Waals surface area contributed by atoms with Crippen LogP contribution >= 0.6 is 27.7 Å². The Labute approximate surface area is 185 Å². The number of nitrogens with one attached hydrogen (secondary N) is 1. The standard InChI is InChI=1S/C21H17BrN2O5S/c1-2-29-20(27)14-5-9-16(10-6-14)23-18(25)12-24-19(26)17(30-21(24)28)11-13-3-7-15(22)8-4-13/h3-11H,2,12H2,1H3,(H,23,25). The minimum atomic E-state index is -0.522. The lowest BCUT2D eigenvalue weighted by Crippen LogP contribution is -2.36. The van der Waals surface area contributed by atoms with Gasteiger partial charge >= 0.3 is 5.97 Å². The largest absolute Gasteiger partial charge is 0.462 e. The van der Waals surface area contributed by atoms with E-state index in [-0.39, 0.29) is 11.5 Å². The van der Waals surface area contributed by atoms with Gasteiger partial charge in [0.25, 0.3) is 11.1 Å². The minimum Gasteiger partial charge on any atom is -0.462 e. The molecule has 0 bridgehead atoms. The predicted octanol–water partition coefficient (Wildman–Crippen LogP) is 4.30. The lowest BCUT2D eigenvalue weighted by atomic mass is 10.2. The van der Waals surface area contributed by atoms with Crippen LogP contribution in [0.15, 0.2) is 57.9 Å². The van der Waals surface area contributed by atoms with Gasteiger partial charge in [0.05, 0.1) is 17.1 Å². The highest BCUT2D eigenvalue weighted by molar-refractivity contribution is 9.10. The lowest BCUT2D eigenvalue weighted by molar-refractivity contribution is -0.127. The third-order valence-corrected chi connectivity index (χ3v) is 5.46. The Morgan fingerprint density at radius 3 is 2.40 bits per heavy atom. The molecule has 7 nitrogen and oxygen atoms in total. The number of ether oxygens (including phenoxy) is 1. The fourth-order valence-corrected chi connectivity index (χ4v) is 3.70. The number of hydrogen-bond donors (Lipinski definition) is 1. The van der Waals surface area contributed by atoms with Crippen LogP contribution in [0.3, 0.4) is 0 Å². The first kappa shape index (κ1) is 21.8. The molecule has 1 aliphatic heterocycles. The molecule has 1 heterocycles. The molecule has 0 unspecified atom stereocenters. The zero-order valence-electron chi connectivity index (χ0n) is 15.9. The number of carbonyl (C=O) groups is 4. The molecule has 0 aliphatic carbocycles. The van der Waals surface area contributed by atoms with Crippen molar-refractivity contribution in [3.05, 3.63) is 69.0 Å². The van der Waals surface area contributed by atoms with Gasteiger partial charge < -0.3 is 10.1 Å². The Morgan fingerprint density at radius 1 is 1.10 bits per heavy atom. The third-order valence-electron chi connectivity index (χ3n) is 4.02. The maximum Gasteiger partial charge on any atom is 0.338 e. The van der Waals surface area contributed by atoms with E-state index < -0.39 is 29.6 Å². The molecule has 3 amide bonds. The summed E-state index contributed by atoms with van der Waals surface area (Å²) < 4.78 is 5.80. The summed E-state index contributed by atoms with van der Waals surface area (Å²) in [6.45, 7) is 1.58. The average molecular weight is 489 g/mol. The van der Waals surface area contributed by atoms with E-state index in [0.717, 1.165) is 26.7 Å². The fourth-order valence-electron chi connectivity index (χ4n) is 2.59. The zero-order valence-corrected chi connectivity index (χ0v) is 18.3. The number of anilines is 1.